The summed E-state index contributed by atoms with van der Waals surface area (Å²) in [4.78, 5) is 14.8. The van der Waals surface area contributed by atoms with Gasteiger partial charge in [-0.3, -0.25) is 4.79 Å². The molecule has 0 bridgehead atoms. The van der Waals surface area contributed by atoms with E-state index in [2.05, 4.69) is 19.1 Å². The first-order chi connectivity index (χ1) is 12.1. The van der Waals surface area contributed by atoms with E-state index in [0.29, 0.717) is 0 Å². The molecule has 2 aromatic rings. The first-order valence-corrected chi connectivity index (χ1v) is 9.14. The number of hydrogen-bond donors (Lipinski definition) is 1. The number of benzene rings is 2. The molecule has 1 aliphatic rings. The second kappa shape index (κ2) is 7.83. The molecule has 1 N–H and O–H groups in total. The lowest BCUT2D eigenvalue weighted by atomic mass is 9.87. The number of hydrogen-bond acceptors (Lipinski definition) is 2. The Kier molecular flexibility index (Phi) is 5.54. The zero-order valence-corrected chi connectivity index (χ0v) is 15.1. The van der Waals surface area contributed by atoms with Gasteiger partial charge in [-0.2, -0.15) is 0 Å². The van der Waals surface area contributed by atoms with Gasteiger partial charge in [0.15, 0.2) is 0 Å². The van der Waals surface area contributed by atoms with Crippen molar-refractivity contribution in [1.29, 1.82) is 0 Å². The highest BCUT2D eigenvalue weighted by molar-refractivity contribution is 5.83. The molecule has 132 valence electrons. The van der Waals surface area contributed by atoms with E-state index in [-0.39, 0.29) is 17.7 Å². The van der Waals surface area contributed by atoms with E-state index in [1.807, 2.05) is 54.3 Å². The standard InChI is InChI=1S/C22H27NO2/c1-16-7-6-10-20(15-16)17(2)22(25)23-13-11-19(12-14-23)21(24)18-8-4-3-5-9-18/h3-10,15,17,19,21,24H,11-14H2,1-2H3. The molecule has 2 aromatic carbocycles. The van der Waals surface area contributed by atoms with Gasteiger partial charge in [0.2, 0.25) is 5.91 Å². The molecule has 3 nitrogen and oxygen atoms in total. The minimum Gasteiger partial charge on any atom is -0.388 e. The van der Waals surface area contributed by atoms with E-state index in [4.69, 9.17) is 0 Å². The van der Waals surface area contributed by atoms with Gasteiger partial charge in [-0.05, 0) is 43.7 Å². The van der Waals surface area contributed by atoms with Crippen molar-refractivity contribution in [2.24, 2.45) is 5.92 Å². The summed E-state index contributed by atoms with van der Waals surface area (Å²) in [7, 11) is 0. The topological polar surface area (TPSA) is 40.5 Å². The number of carbonyl (C=O) groups is 1. The number of aliphatic hydroxyl groups excluding tert-OH is 1. The molecule has 3 heteroatoms. The van der Waals surface area contributed by atoms with Gasteiger partial charge < -0.3 is 10.0 Å². The molecule has 2 unspecified atom stereocenters. The lowest BCUT2D eigenvalue weighted by Gasteiger charge is -2.35. The summed E-state index contributed by atoms with van der Waals surface area (Å²) in [6.07, 6.45) is 1.26. The van der Waals surface area contributed by atoms with Crippen LogP contribution in [0.1, 0.15) is 48.5 Å². The summed E-state index contributed by atoms with van der Waals surface area (Å²) in [6, 6.07) is 18.0. The molecule has 3 rings (SSSR count). The normalized spacial score (nSPS) is 18.0. The smallest absolute Gasteiger partial charge is 0.229 e. The van der Waals surface area contributed by atoms with Gasteiger partial charge in [0, 0.05) is 13.1 Å². The fourth-order valence-electron chi connectivity index (χ4n) is 3.71. The lowest BCUT2D eigenvalue weighted by molar-refractivity contribution is -0.134. The fraction of sp³-hybridized carbons (Fsp3) is 0.409. The highest BCUT2D eigenvalue weighted by Gasteiger charge is 2.30. The van der Waals surface area contributed by atoms with E-state index in [1.165, 1.54) is 5.56 Å². The number of piperidine rings is 1. The fourth-order valence-corrected chi connectivity index (χ4v) is 3.71. The number of nitrogens with zero attached hydrogens (tertiary/aromatic N) is 1. The van der Waals surface area contributed by atoms with Crippen LogP contribution in [0.15, 0.2) is 54.6 Å². The van der Waals surface area contributed by atoms with Gasteiger partial charge in [0.25, 0.3) is 0 Å². The third-order valence-corrected chi connectivity index (χ3v) is 5.35. The van der Waals surface area contributed by atoms with E-state index < -0.39 is 6.10 Å². The van der Waals surface area contributed by atoms with Crippen molar-refractivity contribution in [3.63, 3.8) is 0 Å². The molecule has 2 atom stereocenters. The molecule has 0 spiro atoms. The molecular formula is C22H27NO2. The number of aryl methyl sites for hydroxylation is 1. The summed E-state index contributed by atoms with van der Waals surface area (Å²) >= 11 is 0. The Morgan fingerprint density at radius 2 is 1.68 bits per heavy atom. The van der Waals surface area contributed by atoms with E-state index in [1.54, 1.807) is 0 Å². The number of likely N-dealkylation sites (tertiary alicyclic amines) is 1. The Morgan fingerprint density at radius 3 is 2.32 bits per heavy atom. The van der Waals surface area contributed by atoms with Gasteiger partial charge in [0.05, 0.1) is 12.0 Å². The molecule has 1 amide bonds. The van der Waals surface area contributed by atoms with E-state index in [9.17, 15) is 9.90 Å². The van der Waals surface area contributed by atoms with Crippen LogP contribution in [0.3, 0.4) is 0 Å². The second-order valence-corrected chi connectivity index (χ2v) is 7.15. The molecule has 0 radical (unpaired) electrons. The first-order valence-electron chi connectivity index (χ1n) is 9.14. The maximum absolute atomic E-state index is 12.8. The Labute approximate surface area is 150 Å². The van der Waals surface area contributed by atoms with Crippen molar-refractivity contribution in [2.45, 2.75) is 38.7 Å². The maximum Gasteiger partial charge on any atom is 0.229 e. The van der Waals surface area contributed by atoms with Crippen LogP contribution in [0.25, 0.3) is 0 Å². The zero-order valence-electron chi connectivity index (χ0n) is 15.1. The molecule has 1 saturated heterocycles. The van der Waals surface area contributed by atoms with E-state index in [0.717, 1.165) is 37.1 Å². The van der Waals surface area contributed by atoms with Gasteiger partial charge in [-0.1, -0.05) is 60.2 Å². The Hall–Kier alpha value is -2.13. The zero-order chi connectivity index (χ0) is 17.8. The van der Waals surface area contributed by atoms with Crippen molar-refractivity contribution >= 4 is 5.91 Å². The third kappa shape index (κ3) is 4.10. The van der Waals surface area contributed by atoms with E-state index >= 15 is 0 Å². The van der Waals surface area contributed by atoms with Crippen LogP contribution < -0.4 is 0 Å². The van der Waals surface area contributed by atoms with Crippen LogP contribution >= 0.6 is 0 Å². The largest absolute Gasteiger partial charge is 0.388 e. The van der Waals surface area contributed by atoms with Gasteiger partial charge in [0.1, 0.15) is 0 Å². The Morgan fingerprint density at radius 1 is 1.04 bits per heavy atom. The minimum atomic E-state index is -0.437. The molecule has 25 heavy (non-hydrogen) atoms. The third-order valence-electron chi connectivity index (χ3n) is 5.35. The van der Waals surface area contributed by atoms with Crippen molar-refractivity contribution in [2.75, 3.05) is 13.1 Å². The van der Waals surface area contributed by atoms with Crippen LogP contribution in [0.5, 0.6) is 0 Å². The molecule has 0 aromatic heterocycles. The van der Waals surface area contributed by atoms with Crippen molar-refractivity contribution in [3.05, 3.63) is 71.3 Å². The molecule has 1 heterocycles. The summed E-state index contributed by atoms with van der Waals surface area (Å²) in [6.45, 7) is 5.49. The van der Waals surface area contributed by atoms with Crippen LogP contribution in [0, 0.1) is 12.8 Å². The molecule has 1 aliphatic heterocycles. The van der Waals surface area contributed by atoms with Crippen LogP contribution in [0.2, 0.25) is 0 Å². The van der Waals surface area contributed by atoms with Gasteiger partial charge in [-0.15, -0.1) is 0 Å². The number of amides is 1. The Bertz CT molecular complexity index is 705. The molecular weight excluding hydrogens is 310 g/mol. The molecule has 1 fully saturated rings. The number of aliphatic hydroxyl groups is 1. The van der Waals surface area contributed by atoms with Crippen molar-refractivity contribution in [3.8, 4) is 0 Å². The summed E-state index contributed by atoms with van der Waals surface area (Å²) in [5.41, 5.74) is 3.23. The summed E-state index contributed by atoms with van der Waals surface area (Å²) in [5, 5.41) is 10.6. The Balaban J connectivity index is 1.59. The second-order valence-electron chi connectivity index (χ2n) is 7.15. The monoisotopic (exact) mass is 337 g/mol. The van der Waals surface area contributed by atoms with Crippen LogP contribution in [-0.4, -0.2) is 29.0 Å². The average Bonchev–Trinajstić information content (AvgIpc) is 2.67. The highest BCUT2D eigenvalue weighted by Crippen LogP contribution is 2.31. The maximum atomic E-state index is 12.8. The number of carbonyl (C=O) groups excluding carboxylic acids is 1. The predicted octanol–water partition coefficient (Wildman–Crippen LogP) is 4.07. The number of rotatable bonds is 4. The summed E-state index contributed by atoms with van der Waals surface area (Å²) in [5.74, 6) is 0.300. The average molecular weight is 337 g/mol. The first kappa shape index (κ1) is 17.7. The summed E-state index contributed by atoms with van der Waals surface area (Å²) < 4.78 is 0. The van der Waals surface area contributed by atoms with Gasteiger partial charge in [-0.25, -0.2) is 0 Å². The van der Waals surface area contributed by atoms with Crippen LogP contribution in [0.4, 0.5) is 0 Å². The lowest BCUT2D eigenvalue weighted by Crippen LogP contribution is -2.41. The SMILES string of the molecule is Cc1cccc(C(C)C(=O)N2CCC(C(O)c3ccccc3)CC2)c1. The quantitative estimate of drug-likeness (QED) is 0.913. The van der Waals surface area contributed by atoms with Gasteiger partial charge >= 0.3 is 0 Å². The van der Waals surface area contributed by atoms with Crippen LogP contribution in [-0.2, 0) is 4.79 Å². The van der Waals surface area contributed by atoms with Crippen molar-refractivity contribution < 1.29 is 9.90 Å². The minimum absolute atomic E-state index is 0.115. The highest BCUT2D eigenvalue weighted by atomic mass is 16.3. The van der Waals surface area contributed by atoms with Crippen molar-refractivity contribution in [1.82, 2.24) is 4.90 Å². The molecule has 0 saturated carbocycles. The molecule has 0 aliphatic carbocycles. The predicted molar refractivity (Wildman–Crippen MR) is 100 cm³/mol.